The number of rotatable bonds is 5. The van der Waals surface area contributed by atoms with Crippen molar-refractivity contribution in [2.45, 2.75) is 19.4 Å². The van der Waals surface area contributed by atoms with Crippen LogP contribution in [0, 0.1) is 0 Å². The van der Waals surface area contributed by atoms with Gasteiger partial charge >= 0.3 is 5.97 Å². The molecular formula is C15H22Cl2F2N2O3. The number of hydrogen-bond acceptors (Lipinski definition) is 5. The molecule has 0 amide bonds. The Hall–Kier alpha value is -1.15. The van der Waals surface area contributed by atoms with Gasteiger partial charge < -0.3 is 14.8 Å². The maximum atomic E-state index is 13.5. The molecule has 1 aromatic rings. The van der Waals surface area contributed by atoms with Crippen LogP contribution in [0.5, 0.6) is 11.5 Å². The fraction of sp³-hybridized carbons (Fsp3) is 0.533. The molecular weight excluding hydrogens is 365 g/mol. The van der Waals surface area contributed by atoms with Gasteiger partial charge in [-0.15, -0.1) is 24.8 Å². The largest absolute Gasteiger partial charge is 0.493 e. The zero-order valence-corrected chi connectivity index (χ0v) is 15.1. The fourth-order valence-corrected chi connectivity index (χ4v) is 2.58. The highest BCUT2D eigenvalue weighted by Gasteiger charge is 2.30. The van der Waals surface area contributed by atoms with Crippen molar-refractivity contribution in [2.24, 2.45) is 0 Å². The van der Waals surface area contributed by atoms with Gasteiger partial charge in [-0.1, -0.05) is 6.07 Å². The minimum Gasteiger partial charge on any atom is -0.493 e. The molecule has 138 valence electrons. The number of hydrogen-bond donors (Lipinski definition) is 1. The molecule has 1 heterocycles. The van der Waals surface area contributed by atoms with Crippen LogP contribution in [0.15, 0.2) is 18.2 Å². The van der Waals surface area contributed by atoms with Gasteiger partial charge in [-0.05, 0) is 17.7 Å². The number of alkyl halides is 2. The van der Waals surface area contributed by atoms with E-state index in [1.54, 1.807) is 11.0 Å². The van der Waals surface area contributed by atoms with Gasteiger partial charge in [0.2, 0.25) is 0 Å². The van der Waals surface area contributed by atoms with Gasteiger partial charge in [0, 0.05) is 33.1 Å². The average Bonchev–Trinajstić information content (AvgIpc) is 2.49. The molecule has 5 nitrogen and oxygen atoms in total. The number of carbonyl (C=O) groups is 1. The van der Waals surface area contributed by atoms with Gasteiger partial charge in [-0.25, -0.2) is 8.78 Å². The molecule has 1 fully saturated rings. The second-order valence-corrected chi connectivity index (χ2v) is 5.07. The van der Waals surface area contributed by atoms with Crippen molar-refractivity contribution in [3.8, 4) is 11.5 Å². The average molecular weight is 387 g/mol. The summed E-state index contributed by atoms with van der Waals surface area (Å²) in [5.74, 6) is 0.0131. The molecule has 0 spiro atoms. The fourth-order valence-electron chi connectivity index (χ4n) is 2.58. The molecule has 1 aliphatic heterocycles. The van der Waals surface area contributed by atoms with Crippen LogP contribution in [-0.2, 0) is 4.79 Å². The third-order valence-electron chi connectivity index (χ3n) is 3.57. The maximum Gasteiger partial charge on any atom is 0.308 e. The standard InChI is InChI=1S/C15H20F2N2O3.2ClH/c1-10(20)22-12-4-3-11(9-13(12)21-2)14(15(16)17)19-7-5-18-6-8-19;;/h3-4,9,14-15,18H,5-8H2,1-2H3;2*1H/t14-;;/m1../s1. The number of methoxy groups -OCH3 is 1. The van der Waals surface area contributed by atoms with Crippen molar-refractivity contribution in [1.82, 2.24) is 10.2 Å². The Morgan fingerprint density at radius 2 is 1.83 bits per heavy atom. The second-order valence-electron chi connectivity index (χ2n) is 5.07. The monoisotopic (exact) mass is 386 g/mol. The number of esters is 1. The molecule has 1 N–H and O–H groups in total. The van der Waals surface area contributed by atoms with Crippen LogP contribution in [0.25, 0.3) is 0 Å². The molecule has 0 saturated carbocycles. The molecule has 24 heavy (non-hydrogen) atoms. The normalized spacial score (nSPS) is 15.9. The van der Waals surface area contributed by atoms with Crippen LogP contribution in [0.2, 0.25) is 0 Å². The number of ether oxygens (including phenoxy) is 2. The lowest BCUT2D eigenvalue weighted by Gasteiger charge is -2.34. The van der Waals surface area contributed by atoms with E-state index in [2.05, 4.69) is 5.32 Å². The second kappa shape index (κ2) is 10.7. The molecule has 1 atom stereocenters. The molecule has 1 saturated heterocycles. The number of carbonyl (C=O) groups excluding carboxylic acids is 1. The summed E-state index contributed by atoms with van der Waals surface area (Å²) in [6.45, 7) is 3.76. The molecule has 9 heteroatoms. The van der Waals surface area contributed by atoms with Crippen molar-refractivity contribution >= 4 is 30.8 Å². The molecule has 0 bridgehead atoms. The highest BCUT2D eigenvalue weighted by molar-refractivity contribution is 5.85. The van der Waals surface area contributed by atoms with Crippen LogP contribution < -0.4 is 14.8 Å². The van der Waals surface area contributed by atoms with E-state index in [4.69, 9.17) is 9.47 Å². The van der Waals surface area contributed by atoms with Crippen LogP contribution >= 0.6 is 24.8 Å². The van der Waals surface area contributed by atoms with E-state index in [1.807, 2.05) is 0 Å². The highest BCUT2D eigenvalue weighted by Crippen LogP contribution is 2.35. The number of piperazine rings is 1. The third-order valence-corrected chi connectivity index (χ3v) is 3.57. The Kier molecular flexibility index (Phi) is 10.1. The predicted molar refractivity (Wildman–Crippen MR) is 92.0 cm³/mol. The summed E-state index contributed by atoms with van der Waals surface area (Å²) in [6.07, 6.45) is -2.51. The molecule has 1 aromatic carbocycles. The lowest BCUT2D eigenvalue weighted by molar-refractivity contribution is -0.132. The molecule has 0 unspecified atom stereocenters. The summed E-state index contributed by atoms with van der Waals surface area (Å²) in [5.41, 5.74) is 0.449. The van der Waals surface area contributed by atoms with Crippen molar-refractivity contribution in [2.75, 3.05) is 33.3 Å². The van der Waals surface area contributed by atoms with Crippen molar-refractivity contribution < 1.29 is 23.0 Å². The lowest BCUT2D eigenvalue weighted by atomic mass is 10.0. The van der Waals surface area contributed by atoms with Crippen LogP contribution in [0.4, 0.5) is 8.78 Å². The quantitative estimate of drug-likeness (QED) is 0.622. The van der Waals surface area contributed by atoms with Crippen LogP contribution in [0.3, 0.4) is 0 Å². The summed E-state index contributed by atoms with van der Waals surface area (Å²) in [4.78, 5) is 12.8. The van der Waals surface area contributed by atoms with Crippen molar-refractivity contribution in [3.05, 3.63) is 23.8 Å². The third kappa shape index (κ3) is 5.73. The smallest absolute Gasteiger partial charge is 0.308 e. The first kappa shape index (κ1) is 22.9. The lowest BCUT2D eigenvalue weighted by Crippen LogP contribution is -2.46. The van der Waals surface area contributed by atoms with E-state index in [9.17, 15) is 13.6 Å². The van der Waals surface area contributed by atoms with Gasteiger partial charge in [-0.2, -0.15) is 0 Å². The van der Waals surface area contributed by atoms with Crippen LogP contribution in [0.1, 0.15) is 18.5 Å². The Morgan fingerprint density at radius 3 is 2.33 bits per heavy atom. The van der Waals surface area contributed by atoms with E-state index in [1.165, 1.54) is 26.2 Å². The molecule has 2 rings (SSSR count). The number of nitrogens with zero attached hydrogens (tertiary/aromatic N) is 1. The zero-order valence-electron chi connectivity index (χ0n) is 13.5. The first-order valence-electron chi connectivity index (χ1n) is 7.12. The van der Waals surface area contributed by atoms with E-state index < -0.39 is 18.4 Å². The van der Waals surface area contributed by atoms with Crippen molar-refractivity contribution in [3.63, 3.8) is 0 Å². The SMILES string of the molecule is COc1cc([C@H](C(F)F)N2CCNCC2)ccc1OC(C)=O.Cl.Cl. The van der Waals surface area contributed by atoms with Crippen molar-refractivity contribution in [1.29, 1.82) is 0 Å². The van der Waals surface area contributed by atoms with Gasteiger partial charge in [0.15, 0.2) is 11.5 Å². The first-order chi connectivity index (χ1) is 10.5. The van der Waals surface area contributed by atoms with Gasteiger partial charge in [0.25, 0.3) is 6.43 Å². The predicted octanol–water partition coefficient (Wildman–Crippen LogP) is 2.68. The minimum absolute atomic E-state index is 0. The Balaban J connectivity index is 0.00000264. The molecule has 0 aromatic heterocycles. The Bertz CT molecular complexity index is 529. The minimum atomic E-state index is -2.51. The molecule has 1 aliphatic rings. The van der Waals surface area contributed by atoms with E-state index in [-0.39, 0.29) is 36.3 Å². The van der Waals surface area contributed by atoms with Gasteiger partial charge in [-0.3, -0.25) is 9.69 Å². The topological polar surface area (TPSA) is 50.8 Å². The maximum absolute atomic E-state index is 13.5. The zero-order chi connectivity index (χ0) is 16.1. The first-order valence-corrected chi connectivity index (χ1v) is 7.12. The highest BCUT2D eigenvalue weighted by atomic mass is 35.5. The van der Waals surface area contributed by atoms with E-state index in [0.29, 0.717) is 31.7 Å². The molecule has 0 radical (unpaired) electrons. The summed E-state index contributed by atoms with van der Waals surface area (Å²) in [6, 6.07) is 3.56. The van der Waals surface area contributed by atoms with Gasteiger partial charge in [0.1, 0.15) is 0 Å². The summed E-state index contributed by atoms with van der Waals surface area (Å²) >= 11 is 0. The summed E-state index contributed by atoms with van der Waals surface area (Å²) < 4.78 is 37.2. The van der Waals surface area contributed by atoms with E-state index in [0.717, 1.165) is 0 Å². The Morgan fingerprint density at radius 1 is 1.21 bits per heavy atom. The summed E-state index contributed by atoms with van der Waals surface area (Å²) in [5, 5.41) is 3.14. The van der Waals surface area contributed by atoms with Gasteiger partial charge in [0.05, 0.1) is 13.2 Å². The van der Waals surface area contributed by atoms with E-state index >= 15 is 0 Å². The number of nitrogens with one attached hydrogen (secondary N) is 1. The summed E-state index contributed by atoms with van der Waals surface area (Å²) in [7, 11) is 1.41. The number of benzene rings is 1. The molecule has 0 aliphatic carbocycles. The van der Waals surface area contributed by atoms with Crippen LogP contribution in [-0.4, -0.2) is 50.6 Å². The Labute approximate surface area is 152 Å². The number of halogens is 4.